The SMILES string of the molecule is CCCCOC(C)(C(=O)O)c1ccccn1. The van der Waals surface area contributed by atoms with Crippen LogP contribution < -0.4 is 0 Å². The molecule has 4 heteroatoms. The number of carbonyl (C=O) groups is 1. The Morgan fingerprint density at radius 2 is 2.31 bits per heavy atom. The fourth-order valence-electron chi connectivity index (χ4n) is 1.31. The first-order valence-electron chi connectivity index (χ1n) is 5.40. The van der Waals surface area contributed by atoms with Crippen LogP contribution in [-0.4, -0.2) is 22.7 Å². The lowest BCUT2D eigenvalue weighted by atomic mass is 10.0. The number of hydrogen-bond acceptors (Lipinski definition) is 3. The highest BCUT2D eigenvalue weighted by atomic mass is 16.5. The van der Waals surface area contributed by atoms with E-state index in [2.05, 4.69) is 4.98 Å². The summed E-state index contributed by atoms with van der Waals surface area (Å²) < 4.78 is 5.46. The van der Waals surface area contributed by atoms with Crippen LogP contribution in [0.2, 0.25) is 0 Å². The number of carboxylic acid groups (broad SMARTS) is 1. The Labute approximate surface area is 95.3 Å². The summed E-state index contributed by atoms with van der Waals surface area (Å²) in [5, 5.41) is 9.22. The molecule has 1 aromatic heterocycles. The van der Waals surface area contributed by atoms with Gasteiger partial charge in [0.15, 0.2) is 0 Å². The number of nitrogens with zero attached hydrogens (tertiary/aromatic N) is 1. The number of hydrogen-bond donors (Lipinski definition) is 1. The Balaban J connectivity index is 2.85. The maximum atomic E-state index is 11.3. The van der Waals surface area contributed by atoms with Gasteiger partial charge in [-0.25, -0.2) is 4.79 Å². The van der Waals surface area contributed by atoms with Gasteiger partial charge < -0.3 is 9.84 Å². The van der Waals surface area contributed by atoms with Gasteiger partial charge in [-0.15, -0.1) is 0 Å². The van der Waals surface area contributed by atoms with Gasteiger partial charge in [0.2, 0.25) is 5.60 Å². The van der Waals surface area contributed by atoms with E-state index in [-0.39, 0.29) is 0 Å². The van der Waals surface area contributed by atoms with Crippen molar-refractivity contribution < 1.29 is 14.6 Å². The molecule has 0 spiro atoms. The van der Waals surface area contributed by atoms with Gasteiger partial charge in [-0.3, -0.25) is 4.98 Å². The van der Waals surface area contributed by atoms with Gasteiger partial charge in [-0.2, -0.15) is 0 Å². The summed E-state index contributed by atoms with van der Waals surface area (Å²) in [4.78, 5) is 15.3. The molecule has 88 valence electrons. The number of ether oxygens (including phenoxy) is 1. The summed E-state index contributed by atoms with van der Waals surface area (Å²) in [6.45, 7) is 3.99. The molecule has 0 aliphatic carbocycles. The minimum absolute atomic E-state index is 0.426. The molecule has 0 bridgehead atoms. The average molecular weight is 223 g/mol. The van der Waals surface area contributed by atoms with Gasteiger partial charge in [-0.05, 0) is 25.5 Å². The van der Waals surface area contributed by atoms with Crippen LogP contribution in [0.25, 0.3) is 0 Å². The first-order chi connectivity index (χ1) is 7.61. The molecule has 1 rings (SSSR count). The van der Waals surface area contributed by atoms with Crippen LogP contribution in [0, 0.1) is 0 Å². The lowest BCUT2D eigenvalue weighted by molar-refractivity contribution is -0.166. The highest BCUT2D eigenvalue weighted by Gasteiger charge is 2.37. The van der Waals surface area contributed by atoms with Gasteiger partial charge in [0.05, 0.1) is 5.69 Å². The Bertz CT molecular complexity index is 339. The van der Waals surface area contributed by atoms with Crippen molar-refractivity contribution in [3.8, 4) is 0 Å². The molecule has 4 nitrogen and oxygen atoms in total. The fourth-order valence-corrected chi connectivity index (χ4v) is 1.31. The van der Waals surface area contributed by atoms with Crippen LogP contribution in [0.3, 0.4) is 0 Å². The summed E-state index contributed by atoms with van der Waals surface area (Å²) in [6.07, 6.45) is 3.38. The van der Waals surface area contributed by atoms with Gasteiger partial charge in [0.1, 0.15) is 0 Å². The van der Waals surface area contributed by atoms with Gasteiger partial charge >= 0.3 is 5.97 Å². The molecule has 0 aliphatic heterocycles. The van der Waals surface area contributed by atoms with Crippen LogP contribution in [0.15, 0.2) is 24.4 Å². The number of unbranched alkanes of at least 4 members (excludes halogenated alkanes) is 1. The molecule has 0 fully saturated rings. The van der Waals surface area contributed by atoms with Crippen LogP contribution in [-0.2, 0) is 15.1 Å². The molecular weight excluding hydrogens is 206 g/mol. The van der Waals surface area contributed by atoms with Crippen LogP contribution >= 0.6 is 0 Å². The standard InChI is InChI=1S/C12H17NO3/c1-3-4-9-16-12(2,11(14)15)10-7-5-6-8-13-10/h5-8H,3-4,9H2,1-2H3,(H,14,15). The minimum Gasteiger partial charge on any atom is -0.479 e. The second-order valence-electron chi connectivity index (χ2n) is 3.76. The van der Waals surface area contributed by atoms with E-state index in [9.17, 15) is 9.90 Å². The number of rotatable bonds is 6. The molecule has 0 saturated carbocycles. The number of pyridine rings is 1. The largest absolute Gasteiger partial charge is 0.479 e. The monoisotopic (exact) mass is 223 g/mol. The zero-order valence-electron chi connectivity index (χ0n) is 9.64. The highest BCUT2D eigenvalue weighted by molar-refractivity contribution is 5.78. The summed E-state index contributed by atoms with van der Waals surface area (Å²) in [7, 11) is 0. The summed E-state index contributed by atoms with van der Waals surface area (Å²) in [5.74, 6) is -1.01. The smallest absolute Gasteiger partial charge is 0.342 e. The molecule has 1 aromatic rings. The third-order valence-corrected chi connectivity index (χ3v) is 2.45. The van der Waals surface area contributed by atoms with E-state index >= 15 is 0 Å². The first kappa shape index (κ1) is 12.6. The van der Waals surface area contributed by atoms with Crippen LogP contribution in [0.1, 0.15) is 32.4 Å². The molecule has 1 N–H and O–H groups in total. The molecule has 1 atom stereocenters. The lowest BCUT2D eigenvalue weighted by Gasteiger charge is -2.24. The van der Waals surface area contributed by atoms with Crippen molar-refractivity contribution in [2.45, 2.75) is 32.3 Å². The second kappa shape index (κ2) is 5.61. The quantitative estimate of drug-likeness (QED) is 0.751. The van der Waals surface area contributed by atoms with E-state index in [1.54, 1.807) is 24.4 Å². The Kier molecular flexibility index (Phi) is 4.43. The molecule has 16 heavy (non-hydrogen) atoms. The van der Waals surface area contributed by atoms with Gasteiger partial charge in [0, 0.05) is 12.8 Å². The highest BCUT2D eigenvalue weighted by Crippen LogP contribution is 2.24. The molecular formula is C12H17NO3. The summed E-state index contributed by atoms with van der Waals surface area (Å²) in [5.41, 5.74) is -0.922. The topological polar surface area (TPSA) is 59.4 Å². The molecule has 0 radical (unpaired) electrons. The van der Waals surface area contributed by atoms with Crippen molar-refractivity contribution in [1.29, 1.82) is 0 Å². The average Bonchev–Trinajstić information content (AvgIpc) is 2.30. The predicted molar refractivity (Wildman–Crippen MR) is 60.1 cm³/mol. The van der Waals surface area contributed by atoms with Crippen LogP contribution in [0.4, 0.5) is 0 Å². The Morgan fingerprint density at radius 3 is 2.81 bits per heavy atom. The predicted octanol–water partition coefficient (Wildman–Crippen LogP) is 2.20. The zero-order valence-corrected chi connectivity index (χ0v) is 9.64. The van der Waals surface area contributed by atoms with Crippen molar-refractivity contribution in [3.05, 3.63) is 30.1 Å². The lowest BCUT2D eigenvalue weighted by Crippen LogP contribution is -2.36. The van der Waals surface area contributed by atoms with Crippen molar-refractivity contribution in [1.82, 2.24) is 4.98 Å². The van der Waals surface area contributed by atoms with Crippen molar-refractivity contribution in [3.63, 3.8) is 0 Å². The second-order valence-corrected chi connectivity index (χ2v) is 3.76. The third kappa shape index (κ3) is 2.79. The molecule has 0 aliphatic rings. The minimum atomic E-state index is -1.35. The van der Waals surface area contributed by atoms with E-state index in [0.717, 1.165) is 12.8 Å². The Morgan fingerprint density at radius 1 is 1.56 bits per heavy atom. The first-order valence-corrected chi connectivity index (χ1v) is 5.40. The van der Waals surface area contributed by atoms with Gasteiger partial charge in [-0.1, -0.05) is 19.4 Å². The van der Waals surface area contributed by atoms with E-state index in [1.165, 1.54) is 6.92 Å². The normalized spacial score (nSPS) is 14.4. The van der Waals surface area contributed by atoms with Crippen molar-refractivity contribution in [2.75, 3.05) is 6.61 Å². The van der Waals surface area contributed by atoms with E-state index < -0.39 is 11.6 Å². The molecule has 0 saturated heterocycles. The Hall–Kier alpha value is -1.42. The van der Waals surface area contributed by atoms with E-state index in [1.807, 2.05) is 6.92 Å². The number of aromatic nitrogens is 1. The summed E-state index contributed by atoms with van der Waals surface area (Å²) in [6, 6.07) is 5.17. The maximum absolute atomic E-state index is 11.3. The van der Waals surface area contributed by atoms with E-state index in [4.69, 9.17) is 4.74 Å². The summed E-state index contributed by atoms with van der Waals surface area (Å²) >= 11 is 0. The fraction of sp³-hybridized carbons (Fsp3) is 0.500. The van der Waals surface area contributed by atoms with Crippen molar-refractivity contribution >= 4 is 5.97 Å². The molecule has 0 aromatic carbocycles. The van der Waals surface area contributed by atoms with Crippen LogP contribution in [0.5, 0.6) is 0 Å². The molecule has 1 unspecified atom stereocenters. The molecule has 0 amide bonds. The zero-order chi connectivity index (χ0) is 12.0. The van der Waals surface area contributed by atoms with Gasteiger partial charge in [0.25, 0.3) is 0 Å². The maximum Gasteiger partial charge on any atom is 0.342 e. The molecule has 1 heterocycles. The third-order valence-electron chi connectivity index (χ3n) is 2.45. The number of aliphatic carboxylic acids is 1. The number of carboxylic acids is 1. The van der Waals surface area contributed by atoms with Crippen molar-refractivity contribution in [2.24, 2.45) is 0 Å². The van der Waals surface area contributed by atoms with E-state index in [0.29, 0.717) is 12.3 Å².